The maximum Gasteiger partial charge on any atom is 0.266 e. The molecule has 1 aromatic carbocycles. The summed E-state index contributed by atoms with van der Waals surface area (Å²) in [7, 11) is 1.60. The van der Waals surface area contributed by atoms with Gasteiger partial charge in [-0.25, -0.2) is 4.68 Å². The van der Waals surface area contributed by atoms with Crippen molar-refractivity contribution in [1.82, 2.24) is 9.78 Å². The van der Waals surface area contributed by atoms with Crippen molar-refractivity contribution < 1.29 is 4.74 Å². The number of aromatic nitrogens is 2. The van der Waals surface area contributed by atoms with Crippen molar-refractivity contribution >= 4 is 0 Å². The molecule has 0 bridgehead atoms. The molecular weight excluding hydrogens is 230 g/mol. The highest BCUT2D eigenvalue weighted by molar-refractivity contribution is 5.35. The van der Waals surface area contributed by atoms with Gasteiger partial charge in [0.1, 0.15) is 5.75 Å². The Hall–Kier alpha value is -2.14. The molecule has 5 heteroatoms. The summed E-state index contributed by atoms with van der Waals surface area (Å²) in [5, 5.41) is 3.98. The zero-order valence-corrected chi connectivity index (χ0v) is 10.1. The molecule has 1 unspecified atom stereocenters. The first kappa shape index (κ1) is 12.3. The van der Waals surface area contributed by atoms with Crippen LogP contribution < -0.4 is 16.0 Å². The van der Waals surface area contributed by atoms with Crippen LogP contribution in [0.1, 0.15) is 11.6 Å². The Morgan fingerprint density at radius 3 is 2.83 bits per heavy atom. The lowest BCUT2D eigenvalue weighted by atomic mass is 10.1. The third-order valence-corrected chi connectivity index (χ3v) is 2.69. The maximum atomic E-state index is 11.6. The zero-order chi connectivity index (χ0) is 13.0. The molecule has 1 atom stereocenters. The van der Waals surface area contributed by atoms with Crippen molar-refractivity contribution in [2.45, 2.75) is 12.6 Å². The van der Waals surface area contributed by atoms with Gasteiger partial charge in [0.15, 0.2) is 0 Å². The number of ether oxygens (including phenoxy) is 1. The first-order valence-corrected chi connectivity index (χ1v) is 5.63. The maximum absolute atomic E-state index is 11.6. The highest BCUT2D eigenvalue weighted by Gasteiger charge is 2.12. The Kier molecular flexibility index (Phi) is 3.74. The lowest BCUT2D eigenvalue weighted by molar-refractivity contribution is 0.399. The van der Waals surface area contributed by atoms with Crippen LogP contribution in [0, 0.1) is 0 Å². The molecule has 0 aliphatic rings. The van der Waals surface area contributed by atoms with Crippen LogP contribution in [-0.4, -0.2) is 16.9 Å². The van der Waals surface area contributed by atoms with Gasteiger partial charge in [0.2, 0.25) is 0 Å². The Balaban J connectivity index is 2.25. The lowest BCUT2D eigenvalue weighted by Crippen LogP contribution is -2.28. The Bertz CT molecular complexity index is 580. The van der Waals surface area contributed by atoms with Gasteiger partial charge in [-0.1, -0.05) is 18.2 Å². The van der Waals surface area contributed by atoms with Crippen LogP contribution in [0.5, 0.6) is 5.75 Å². The van der Waals surface area contributed by atoms with Crippen LogP contribution in [0.3, 0.4) is 0 Å². The van der Waals surface area contributed by atoms with Crippen molar-refractivity contribution in [2.24, 2.45) is 5.73 Å². The van der Waals surface area contributed by atoms with E-state index in [1.54, 1.807) is 19.4 Å². The van der Waals surface area contributed by atoms with E-state index in [9.17, 15) is 4.79 Å². The first-order chi connectivity index (χ1) is 8.72. The quantitative estimate of drug-likeness (QED) is 0.870. The van der Waals surface area contributed by atoms with Gasteiger partial charge in [0, 0.05) is 17.8 Å². The van der Waals surface area contributed by atoms with Gasteiger partial charge in [-0.05, 0) is 12.1 Å². The molecule has 0 fully saturated rings. The zero-order valence-electron chi connectivity index (χ0n) is 10.1. The Morgan fingerprint density at radius 2 is 2.11 bits per heavy atom. The van der Waals surface area contributed by atoms with Crippen LogP contribution >= 0.6 is 0 Å². The third kappa shape index (κ3) is 2.57. The summed E-state index contributed by atoms with van der Waals surface area (Å²) >= 11 is 0. The number of methoxy groups -OCH3 is 1. The monoisotopic (exact) mass is 245 g/mol. The van der Waals surface area contributed by atoms with Gasteiger partial charge in [-0.15, -0.1) is 0 Å². The predicted octanol–water partition coefficient (Wildman–Crippen LogP) is 0.952. The van der Waals surface area contributed by atoms with Crippen molar-refractivity contribution in [1.29, 1.82) is 0 Å². The van der Waals surface area contributed by atoms with E-state index in [1.165, 1.54) is 10.7 Å². The summed E-state index contributed by atoms with van der Waals surface area (Å²) in [6.45, 7) is 0.319. The average molecular weight is 245 g/mol. The van der Waals surface area contributed by atoms with E-state index in [4.69, 9.17) is 10.5 Å². The number of hydrogen-bond acceptors (Lipinski definition) is 4. The van der Waals surface area contributed by atoms with Gasteiger partial charge >= 0.3 is 0 Å². The second kappa shape index (κ2) is 5.46. The van der Waals surface area contributed by atoms with Crippen molar-refractivity contribution in [3.63, 3.8) is 0 Å². The number of nitrogens with zero attached hydrogens (tertiary/aromatic N) is 2. The molecule has 0 radical (unpaired) electrons. The Labute approximate surface area is 105 Å². The van der Waals surface area contributed by atoms with Crippen LogP contribution in [0.25, 0.3) is 0 Å². The summed E-state index contributed by atoms with van der Waals surface area (Å²) in [5.74, 6) is 0.717. The van der Waals surface area contributed by atoms with E-state index < -0.39 is 0 Å². The van der Waals surface area contributed by atoms with Crippen LogP contribution in [-0.2, 0) is 6.54 Å². The van der Waals surface area contributed by atoms with Crippen molar-refractivity contribution in [3.05, 3.63) is 58.5 Å². The van der Waals surface area contributed by atoms with Gasteiger partial charge in [0.05, 0.1) is 19.7 Å². The third-order valence-electron chi connectivity index (χ3n) is 2.69. The molecule has 1 heterocycles. The predicted molar refractivity (Wildman–Crippen MR) is 68.4 cm³/mol. The Morgan fingerprint density at radius 1 is 1.33 bits per heavy atom. The molecule has 1 aromatic heterocycles. The van der Waals surface area contributed by atoms with E-state index in [-0.39, 0.29) is 11.6 Å². The molecule has 94 valence electrons. The van der Waals surface area contributed by atoms with Gasteiger partial charge in [-0.3, -0.25) is 4.79 Å². The van der Waals surface area contributed by atoms with Crippen LogP contribution in [0.2, 0.25) is 0 Å². The topological polar surface area (TPSA) is 70.1 Å². The summed E-state index contributed by atoms with van der Waals surface area (Å²) in [6, 6.07) is 10.2. The summed E-state index contributed by atoms with van der Waals surface area (Å²) in [4.78, 5) is 11.6. The molecule has 0 amide bonds. The van der Waals surface area contributed by atoms with Gasteiger partial charge in [0.25, 0.3) is 5.56 Å². The fourth-order valence-corrected chi connectivity index (χ4v) is 1.78. The summed E-state index contributed by atoms with van der Waals surface area (Å²) in [5.41, 5.74) is 6.79. The fraction of sp³-hybridized carbons (Fsp3) is 0.231. The molecule has 0 aliphatic carbocycles. The van der Waals surface area contributed by atoms with Gasteiger partial charge < -0.3 is 10.5 Å². The van der Waals surface area contributed by atoms with Gasteiger partial charge in [-0.2, -0.15) is 5.10 Å². The first-order valence-electron chi connectivity index (χ1n) is 5.63. The minimum atomic E-state index is -0.339. The highest BCUT2D eigenvalue weighted by atomic mass is 16.5. The van der Waals surface area contributed by atoms with E-state index in [0.29, 0.717) is 12.3 Å². The molecule has 0 saturated carbocycles. The number of benzene rings is 1. The highest BCUT2D eigenvalue weighted by Crippen LogP contribution is 2.23. The van der Waals surface area contributed by atoms with E-state index in [0.717, 1.165) is 5.56 Å². The second-order valence-electron chi connectivity index (χ2n) is 3.89. The standard InChI is InChI=1S/C13H15N3O2/c1-18-12-6-3-2-5-10(12)11(14)9-16-13(17)7-4-8-15-16/h2-8,11H,9,14H2,1H3. The molecule has 0 spiro atoms. The average Bonchev–Trinajstić information content (AvgIpc) is 2.41. The van der Waals surface area contributed by atoms with E-state index in [1.807, 2.05) is 24.3 Å². The number of nitrogens with two attached hydrogens (primary N) is 1. The summed E-state index contributed by atoms with van der Waals surface area (Å²) < 4.78 is 6.59. The molecule has 2 N–H and O–H groups in total. The minimum Gasteiger partial charge on any atom is -0.496 e. The van der Waals surface area contributed by atoms with Crippen LogP contribution in [0.4, 0.5) is 0 Å². The molecule has 0 saturated heterocycles. The fourth-order valence-electron chi connectivity index (χ4n) is 1.78. The molecule has 18 heavy (non-hydrogen) atoms. The molecule has 2 rings (SSSR count). The molecular formula is C13H15N3O2. The van der Waals surface area contributed by atoms with Crippen molar-refractivity contribution in [2.75, 3.05) is 7.11 Å². The molecule has 2 aromatic rings. The second-order valence-corrected chi connectivity index (χ2v) is 3.89. The largest absolute Gasteiger partial charge is 0.496 e. The number of para-hydroxylation sites is 1. The SMILES string of the molecule is COc1ccccc1C(N)Cn1ncccc1=O. The van der Waals surface area contributed by atoms with Crippen molar-refractivity contribution in [3.8, 4) is 5.75 Å². The summed E-state index contributed by atoms with van der Waals surface area (Å²) in [6.07, 6.45) is 1.57. The van der Waals surface area contributed by atoms with E-state index >= 15 is 0 Å². The number of rotatable bonds is 4. The normalized spacial score (nSPS) is 12.1. The minimum absolute atomic E-state index is 0.164. The lowest BCUT2D eigenvalue weighted by Gasteiger charge is -2.15. The molecule has 0 aliphatic heterocycles. The van der Waals surface area contributed by atoms with Crippen LogP contribution in [0.15, 0.2) is 47.4 Å². The molecule has 5 nitrogen and oxygen atoms in total. The number of hydrogen-bond donors (Lipinski definition) is 1. The smallest absolute Gasteiger partial charge is 0.266 e. The van der Waals surface area contributed by atoms with E-state index in [2.05, 4.69) is 5.10 Å².